The van der Waals surface area contributed by atoms with E-state index >= 15 is 0 Å². The van der Waals surface area contributed by atoms with E-state index in [4.69, 9.17) is 16.6 Å². The normalized spacial score (nSPS) is 21.9. The van der Waals surface area contributed by atoms with E-state index in [-0.39, 0.29) is 17.9 Å². The first-order valence-corrected chi connectivity index (χ1v) is 12.5. The van der Waals surface area contributed by atoms with Crippen molar-refractivity contribution >= 4 is 46.3 Å². The Morgan fingerprint density at radius 2 is 1.65 bits per heavy atom. The molecule has 5 nitrogen and oxygen atoms in total. The number of furan rings is 1. The summed E-state index contributed by atoms with van der Waals surface area (Å²) >= 11 is 6.78. The van der Waals surface area contributed by atoms with Crippen LogP contribution in [0.15, 0.2) is 76.1 Å². The second-order valence-corrected chi connectivity index (χ2v) is 10.2. The van der Waals surface area contributed by atoms with Gasteiger partial charge in [0.2, 0.25) is 0 Å². The monoisotopic (exact) mass is 489 g/mol. The molecule has 1 aromatic heterocycles. The van der Waals surface area contributed by atoms with Crippen molar-refractivity contribution in [1.29, 1.82) is 0 Å². The maximum atomic E-state index is 13.1. The first kappa shape index (κ1) is 22.6. The molecule has 2 heterocycles. The zero-order valence-corrected chi connectivity index (χ0v) is 20.0. The predicted octanol–water partition coefficient (Wildman–Crippen LogP) is 6.46. The van der Waals surface area contributed by atoms with Gasteiger partial charge in [-0.2, -0.15) is 0 Å². The van der Waals surface area contributed by atoms with Crippen molar-refractivity contribution in [2.75, 3.05) is 0 Å². The van der Waals surface area contributed by atoms with Crippen LogP contribution in [0, 0.1) is 5.92 Å². The Kier molecular flexibility index (Phi) is 6.39. The number of nitrogens with zero attached hydrogens (tertiary/aromatic N) is 1. The van der Waals surface area contributed by atoms with Gasteiger partial charge in [-0.25, -0.2) is 0 Å². The molecule has 1 aliphatic heterocycles. The lowest BCUT2D eigenvalue weighted by atomic mass is 9.85. The minimum Gasteiger partial charge on any atom is -0.481 e. The van der Waals surface area contributed by atoms with Gasteiger partial charge in [-0.1, -0.05) is 78.6 Å². The molecule has 0 atom stereocenters. The summed E-state index contributed by atoms with van der Waals surface area (Å²) in [6.07, 6.45) is 4.18. The molecule has 0 spiro atoms. The summed E-state index contributed by atoms with van der Waals surface area (Å²) in [6.45, 7) is 0. The minimum atomic E-state index is -0.758. The maximum absolute atomic E-state index is 13.1. The van der Waals surface area contributed by atoms with E-state index in [0.29, 0.717) is 40.7 Å². The van der Waals surface area contributed by atoms with Gasteiger partial charge in [-0.3, -0.25) is 14.5 Å². The van der Waals surface area contributed by atoms with Crippen LogP contribution in [0.5, 0.6) is 0 Å². The maximum Gasteiger partial charge on any atom is 0.306 e. The molecule has 2 fully saturated rings. The number of hydrogen-bond donors (Lipinski definition) is 1. The summed E-state index contributed by atoms with van der Waals surface area (Å²) < 4.78 is 6.65. The second kappa shape index (κ2) is 9.60. The Hall–Kier alpha value is -3.16. The van der Waals surface area contributed by atoms with Gasteiger partial charge in [0.15, 0.2) is 0 Å². The fraction of sp³-hybridized carbons (Fsp3) is 0.222. The van der Waals surface area contributed by atoms with Crippen LogP contribution in [-0.2, 0) is 9.59 Å². The van der Waals surface area contributed by atoms with E-state index in [1.807, 2.05) is 48.5 Å². The number of carboxylic acid groups (broad SMARTS) is 1. The number of thioether (sulfide) groups is 1. The van der Waals surface area contributed by atoms with E-state index in [2.05, 4.69) is 18.2 Å². The number of aliphatic carboxylic acids is 1. The zero-order chi connectivity index (χ0) is 23.7. The van der Waals surface area contributed by atoms with Crippen LogP contribution < -0.4 is 0 Å². The first-order valence-electron chi connectivity index (χ1n) is 11.3. The molecule has 3 aromatic rings. The standard InChI is InChI=1S/C27H23NO4S2/c29-25-24(34-27(33)28(25)19-12-10-18(11-13-19)26(30)31)16-20-14-15-23(32-20)22-9-5-4-8-21(22)17-6-2-1-3-7-17/h1-9,14-16,18-19H,10-13H2,(H,30,31)/b24-16+. The van der Waals surface area contributed by atoms with Gasteiger partial charge in [0.1, 0.15) is 15.8 Å². The molecule has 0 radical (unpaired) electrons. The van der Waals surface area contributed by atoms with Crippen LogP contribution >= 0.6 is 24.0 Å². The van der Waals surface area contributed by atoms with Crippen molar-refractivity contribution in [2.45, 2.75) is 31.7 Å². The second-order valence-electron chi connectivity index (χ2n) is 8.51. The van der Waals surface area contributed by atoms with E-state index in [0.717, 1.165) is 22.5 Å². The third-order valence-electron chi connectivity index (χ3n) is 6.41. The summed E-state index contributed by atoms with van der Waals surface area (Å²) in [5.41, 5.74) is 3.16. The Balaban J connectivity index is 1.36. The Morgan fingerprint density at radius 3 is 2.35 bits per heavy atom. The van der Waals surface area contributed by atoms with Gasteiger partial charge >= 0.3 is 5.97 Å². The number of hydrogen-bond acceptors (Lipinski definition) is 5. The average Bonchev–Trinajstić information content (AvgIpc) is 3.43. The largest absolute Gasteiger partial charge is 0.481 e. The highest BCUT2D eigenvalue weighted by atomic mass is 32.2. The number of carbonyl (C=O) groups excluding carboxylic acids is 1. The zero-order valence-electron chi connectivity index (χ0n) is 18.3. The van der Waals surface area contributed by atoms with Crippen molar-refractivity contribution < 1.29 is 19.1 Å². The molecule has 1 amide bonds. The molecule has 5 rings (SSSR count). The highest BCUT2D eigenvalue weighted by molar-refractivity contribution is 8.26. The lowest BCUT2D eigenvalue weighted by molar-refractivity contribution is -0.143. The number of carbonyl (C=O) groups is 2. The SMILES string of the molecule is O=C(O)C1CCC(N2C(=O)/C(=C\c3ccc(-c4ccccc4-c4ccccc4)o3)SC2=S)CC1. The van der Waals surface area contributed by atoms with Crippen molar-refractivity contribution in [3.8, 4) is 22.5 Å². The van der Waals surface area contributed by atoms with Crippen LogP contribution in [0.25, 0.3) is 28.5 Å². The van der Waals surface area contributed by atoms with E-state index in [1.165, 1.54) is 11.8 Å². The first-order chi connectivity index (χ1) is 16.5. The Labute approximate surface area is 207 Å². The number of thiocarbonyl (C=S) groups is 1. The smallest absolute Gasteiger partial charge is 0.306 e. The molecule has 7 heteroatoms. The molecule has 2 aliphatic rings. The summed E-state index contributed by atoms with van der Waals surface area (Å²) in [6, 6.07) is 22.0. The summed E-state index contributed by atoms with van der Waals surface area (Å²) in [4.78, 5) is 26.6. The molecule has 0 bridgehead atoms. The fourth-order valence-corrected chi connectivity index (χ4v) is 6.03. The molecule has 1 saturated heterocycles. The topological polar surface area (TPSA) is 70.8 Å². The third-order valence-corrected chi connectivity index (χ3v) is 7.74. The van der Waals surface area contributed by atoms with Gasteiger partial charge in [0, 0.05) is 17.7 Å². The van der Waals surface area contributed by atoms with Crippen molar-refractivity contribution in [1.82, 2.24) is 4.90 Å². The van der Waals surface area contributed by atoms with Gasteiger partial charge in [0.25, 0.3) is 5.91 Å². The highest BCUT2D eigenvalue weighted by Crippen LogP contribution is 2.39. The molecule has 1 aliphatic carbocycles. The quantitative estimate of drug-likeness (QED) is 0.328. The van der Waals surface area contributed by atoms with Crippen LogP contribution in [0.3, 0.4) is 0 Å². The van der Waals surface area contributed by atoms with Crippen LogP contribution in [0.4, 0.5) is 0 Å². The fourth-order valence-electron chi connectivity index (χ4n) is 4.65. The average molecular weight is 490 g/mol. The van der Waals surface area contributed by atoms with Crippen molar-refractivity contribution in [2.24, 2.45) is 5.92 Å². The Morgan fingerprint density at radius 1 is 0.971 bits per heavy atom. The third kappa shape index (κ3) is 4.45. The summed E-state index contributed by atoms with van der Waals surface area (Å²) in [5, 5.41) is 9.24. The molecule has 172 valence electrons. The summed E-state index contributed by atoms with van der Waals surface area (Å²) in [7, 11) is 0. The van der Waals surface area contributed by atoms with E-state index < -0.39 is 5.97 Å². The predicted molar refractivity (Wildman–Crippen MR) is 138 cm³/mol. The number of rotatable bonds is 5. The summed E-state index contributed by atoms with van der Waals surface area (Å²) in [5.74, 6) is 0.106. The molecular weight excluding hydrogens is 466 g/mol. The molecule has 1 N–H and O–H groups in total. The van der Waals surface area contributed by atoms with Gasteiger partial charge in [-0.05, 0) is 48.9 Å². The molecule has 2 aromatic carbocycles. The van der Waals surface area contributed by atoms with Gasteiger partial charge < -0.3 is 9.52 Å². The lowest BCUT2D eigenvalue weighted by Gasteiger charge is -2.32. The van der Waals surface area contributed by atoms with Crippen LogP contribution in [0.2, 0.25) is 0 Å². The van der Waals surface area contributed by atoms with Crippen molar-refractivity contribution in [3.05, 3.63) is 77.4 Å². The molecule has 34 heavy (non-hydrogen) atoms. The number of carboxylic acids is 1. The van der Waals surface area contributed by atoms with E-state index in [9.17, 15) is 14.7 Å². The van der Waals surface area contributed by atoms with Crippen LogP contribution in [0.1, 0.15) is 31.4 Å². The number of benzene rings is 2. The molecule has 0 unspecified atom stereocenters. The van der Waals surface area contributed by atoms with Crippen LogP contribution in [-0.4, -0.2) is 32.2 Å². The minimum absolute atomic E-state index is 0.0427. The van der Waals surface area contributed by atoms with Gasteiger partial charge in [0.05, 0.1) is 10.8 Å². The van der Waals surface area contributed by atoms with Crippen molar-refractivity contribution in [3.63, 3.8) is 0 Å². The lowest BCUT2D eigenvalue weighted by Crippen LogP contribution is -2.41. The highest BCUT2D eigenvalue weighted by Gasteiger charge is 2.39. The molecule has 1 saturated carbocycles. The number of amides is 1. The molecular formula is C27H23NO4S2. The Bertz CT molecular complexity index is 1270. The van der Waals surface area contributed by atoms with E-state index in [1.54, 1.807) is 11.0 Å². The van der Waals surface area contributed by atoms with Gasteiger partial charge in [-0.15, -0.1) is 0 Å².